The smallest absolute Gasteiger partial charge is 0.340 e. The summed E-state index contributed by atoms with van der Waals surface area (Å²) in [6.45, 7) is 0.344. The standard InChI is InChI=1S/C12H12FN3O2/c1-18-12(17)9-4-3-8(11(14)10(9)13)7-16-6-2-5-15-16/h2-6H,7,14H2,1H3. The van der Waals surface area contributed by atoms with Crippen LogP contribution in [0.1, 0.15) is 15.9 Å². The molecule has 1 aromatic heterocycles. The summed E-state index contributed by atoms with van der Waals surface area (Å²) in [5.41, 5.74) is 6.00. The van der Waals surface area contributed by atoms with Crippen LogP contribution in [0, 0.1) is 5.82 Å². The molecule has 5 nitrogen and oxygen atoms in total. The molecule has 1 aromatic carbocycles. The zero-order valence-corrected chi connectivity index (χ0v) is 9.76. The number of hydrogen-bond acceptors (Lipinski definition) is 4. The van der Waals surface area contributed by atoms with E-state index in [9.17, 15) is 9.18 Å². The van der Waals surface area contributed by atoms with Gasteiger partial charge in [0.25, 0.3) is 0 Å². The van der Waals surface area contributed by atoms with E-state index in [1.807, 2.05) is 0 Å². The number of rotatable bonds is 3. The van der Waals surface area contributed by atoms with Gasteiger partial charge in [0.1, 0.15) is 0 Å². The highest BCUT2D eigenvalue weighted by Gasteiger charge is 2.17. The topological polar surface area (TPSA) is 70.1 Å². The number of aromatic nitrogens is 2. The summed E-state index contributed by atoms with van der Waals surface area (Å²) in [5.74, 6) is -1.50. The van der Waals surface area contributed by atoms with Crippen molar-refractivity contribution < 1.29 is 13.9 Å². The van der Waals surface area contributed by atoms with Crippen LogP contribution in [0.25, 0.3) is 0 Å². The number of ether oxygens (including phenoxy) is 1. The number of methoxy groups -OCH3 is 1. The minimum Gasteiger partial charge on any atom is -0.465 e. The van der Waals surface area contributed by atoms with E-state index in [-0.39, 0.29) is 11.3 Å². The van der Waals surface area contributed by atoms with Crippen molar-refractivity contribution in [2.75, 3.05) is 12.8 Å². The van der Waals surface area contributed by atoms with Gasteiger partial charge in [0.05, 0.1) is 24.9 Å². The molecule has 0 saturated carbocycles. The molecule has 6 heteroatoms. The molecular formula is C12H12FN3O2. The molecule has 2 N–H and O–H groups in total. The molecule has 0 aliphatic carbocycles. The fraction of sp³-hybridized carbons (Fsp3) is 0.167. The Morgan fingerprint density at radius 2 is 2.33 bits per heavy atom. The second-order valence-electron chi connectivity index (χ2n) is 3.70. The van der Waals surface area contributed by atoms with Gasteiger partial charge in [-0.2, -0.15) is 5.10 Å². The number of nitrogens with two attached hydrogens (primary N) is 1. The van der Waals surface area contributed by atoms with Gasteiger partial charge in [0.2, 0.25) is 0 Å². The van der Waals surface area contributed by atoms with Crippen LogP contribution in [0.3, 0.4) is 0 Å². The molecule has 0 radical (unpaired) electrons. The summed E-state index contributed by atoms with van der Waals surface area (Å²) < 4.78 is 20.0. The Balaban J connectivity index is 2.34. The van der Waals surface area contributed by atoms with Crippen LogP contribution in [-0.4, -0.2) is 22.9 Å². The number of nitrogens with zero attached hydrogens (tertiary/aromatic N) is 2. The molecule has 0 unspecified atom stereocenters. The molecule has 2 rings (SSSR count). The van der Waals surface area contributed by atoms with E-state index in [0.717, 1.165) is 0 Å². The van der Waals surface area contributed by atoms with Crippen LogP contribution < -0.4 is 5.73 Å². The Morgan fingerprint density at radius 3 is 2.94 bits per heavy atom. The zero-order chi connectivity index (χ0) is 13.1. The third kappa shape index (κ3) is 2.17. The van der Waals surface area contributed by atoms with Crippen LogP contribution >= 0.6 is 0 Å². The number of nitrogen functional groups attached to an aromatic ring is 1. The van der Waals surface area contributed by atoms with Crippen LogP contribution in [0.2, 0.25) is 0 Å². The molecule has 0 atom stereocenters. The second kappa shape index (κ2) is 4.87. The number of carbonyl (C=O) groups excluding carboxylic acids is 1. The van der Waals surface area contributed by atoms with Gasteiger partial charge < -0.3 is 10.5 Å². The fourth-order valence-electron chi connectivity index (χ4n) is 1.61. The largest absolute Gasteiger partial charge is 0.465 e. The molecule has 0 spiro atoms. The van der Waals surface area contributed by atoms with Gasteiger partial charge in [0, 0.05) is 12.4 Å². The van der Waals surface area contributed by atoms with Gasteiger partial charge in [-0.25, -0.2) is 9.18 Å². The molecule has 0 saturated heterocycles. The van der Waals surface area contributed by atoms with Crippen molar-refractivity contribution in [3.8, 4) is 0 Å². The SMILES string of the molecule is COC(=O)c1ccc(Cn2cccn2)c(N)c1F. The molecule has 0 aliphatic rings. The highest BCUT2D eigenvalue weighted by molar-refractivity contribution is 5.91. The van der Waals surface area contributed by atoms with Gasteiger partial charge in [0.15, 0.2) is 5.82 Å². The molecule has 94 valence electrons. The Morgan fingerprint density at radius 1 is 1.56 bits per heavy atom. The first kappa shape index (κ1) is 12.1. The summed E-state index contributed by atoms with van der Waals surface area (Å²) in [7, 11) is 1.19. The molecule has 0 fully saturated rings. The van der Waals surface area contributed by atoms with Crippen molar-refractivity contribution in [3.63, 3.8) is 0 Å². The Bertz CT molecular complexity index is 567. The number of hydrogen-bond donors (Lipinski definition) is 1. The summed E-state index contributed by atoms with van der Waals surface area (Å²) in [4.78, 5) is 11.3. The predicted molar refractivity (Wildman–Crippen MR) is 63.5 cm³/mol. The van der Waals surface area contributed by atoms with Gasteiger partial charge >= 0.3 is 5.97 Å². The van der Waals surface area contributed by atoms with E-state index in [0.29, 0.717) is 12.1 Å². The lowest BCUT2D eigenvalue weighted by Gasteiger charge is -2.09. The maximum absolute atomic E-state index is 13.9. The Labute approximate surface area is 103 Å². The van der Waals surface area contributed by atoms with Crippen molar-refractivity contribution in [1.82, 2.24) is 9.78 Å². The molecule has 0 aliphatic heterocycles. The summed E-state index contributed by atoms with van der Waals surface area (Å²) >= 11 is 0. The van der Waals surface area contributed by atoms with E-state index >= 15 is 0 Å². The molecule has 0 bridgehead atoms. The molecular weight excluding hydrogens is 237 g/mol. The van der Waals surface area contributed by atoms with Crippen molar-refractivity contribution in [3.05, 3.63) is 47.5 Å². The van der Waals surface area contributed by atoms with E-state index < -0.39 is 11.8 Å². The highest BCUT2D eigenvalue weighted by atomic mass is 19.1. The van der Waals surface area contributed by atoms with Gasteiger partial charge in [-0.1, -0.05) is 6.07 Å². The first-order valence-electron chi connectivity index (χ1n) is 5.26. The normalized spacial score (nSPS) is 10.3. The van der Waals surface area contributed by atoms with E-state index in [1.165, 1.54) is 13.2 Å². The number of carbonyl (C=O) groups is 1. The van der Waals surface area contributed by atoms with Gasteiger partial charge in [-0.15, -0.1) is 0 Å². The number of esters is 1. The summed E-state index contributed by atoms with van der Waals surface area (Å²) in [5, 5.41) is 4.00. The van der Waals surface area contributed by atoms with Crippen LogP contribution in [-0.2, 0) is 11.3 Å². The third-order valence-electron chi connectivity index (χ3n) is 2.57. The lowest BCUT2D eigenvalue weighted by Crippen LogP contribution is -2.10. The highest BCUT2D eigenvalue weighted by Crippen LogP contribution is 2.21. The first-order valence-corrected chi connectivity index (χ1v) is 5.26. The Kier molecular flexibility index (Phi) is 3.27. The average Bonchev–Trinajstić information content (AvgIpc) is 2.87. The van der Waals surface area contributed by atoms with E-state index in [4.69, 9.17) is 5.73 Å². The quantitative estimate of drug-likeness (QED) is 0.660. The van der Waals surface area contributed by atoms with Crippen molar-refractivity contribution >= 4 is 11.7 Å². The first-order chi connectivity index (χ1) is 8.63. The van der Waals surface area contributed by atoms with E-state index in [1.54, 1.807) is 29.2 Å². The summed E-state index contributed by atoms with van der Waals surface area (Å²) in [6, 6.07) is 4.71. The zero-order valence-electron chi connectivity index (χ0n) is 9.76. The van der Waals surface area contributed by atoms with E-state index in [2.05, 4.69) is 9.84 Å². The maximum atomic E-state index is 13.9. The van der Waals surface area contributed by atoms with Crippen LogP contribution in [0.15, 0.2) is 30.6 Å². The lowest BCUT2D eigenvalue weighted by molar-refractivity contribution is 0.0595. The van der Waals surface area contributed by atoms with Gasteiger partial charge in [-0.05, 0) is 17.7 Å². The lowest BCUT2D eigenvalue weighted by atomic mass is 10.1. The minimum atomic E-state index is -0.758. The Hall–Kier alpha value is -2.37. The monoisotopic (exact) mass is 249 g/mol. The van der Waals surface area contributed by atoms with Crippen LogP contribution in [0.4, 0.5) is 10.1 Å². The van der Waals surface area contributed by atoms with Crippen molar-refractivity contribution in [2.45, 2.75) is 6.54 Å². The molecule has 0 amide bonds. The van der Waals surface area contributed by atoms with Crippen LogP contribution in [0.5, 0.6) is 0 Å². The summed E-state index contributed by atoms with van der Waals surface area (Å²) in [6.07, 6.45) is 3.36. The number of anilines is 1. The molecule has 1 heterocycles. The minimum absolute atomic E-state index is 0.0617. The number of halogens is 1. The van der Waals surface area contributed by atoms with Crippen molar-refractivity contribution in [2.24, 2.45) is 0 Å². The van der Waals surface area contributed by atoms with Crippen molar-refractivity contribution in [1.29, 1.82) is 0 Å². The predicted octanol–water partition coefficient (Wildman–Crippen LogP) is 1.44. The number of benzene rings is 1. The third-order valence-corrected chi connectivity index (χ3v) is 2.57. The second-order valence-corrected chi connectivity index (χ2v) is 3.70. The van der Waals surface area contributed by atoms with Gasteiger partial charge in [-0.3, -0.25) is 4.68 Å². The molecule has 2 aromatic rings. The fourth-order valence-corrected chi connectivity index (χ4v) is 1.61. The molecule has 18 heavy (non-hydrogen) atoms. The maximum Gasteiger partial charge on any atom is 0.340 e. The average molecular weight is 249 g/mol.